The van der Waals surface area contributed by atoms with Crippen LogP contribution in [-0.4, -0.2) is 44.1 Å². The standard InChI is InChI=1S/C3H6N2.C3H7NO2/c1-2-5-3-4-1;1-4-2-3(5)6/h3H,1-2H2,(H,4,5);4H,2H2,1H3,(H,5,6). The molecule has 0 aromatic rings. The highest BCUT2D eigenvalue weighted by molar-refractivity contribution is 5.68. The molecule has 0 unspecified atom stereocenters. The largest absolute Gasteiger partial charge is 0.480 e. The van der Waals surface area contributed by atoms with E-state index in [0.29, 0.717) is 0 Å². The van der Waals surface area contributed by atoms with Gasteiger partial charge in [-0.3, -0.25) is 9.79 Å². The first-order valence-electron chi connectivity index (χ1n) is 3.35. The summed E-state index contributed by atoms with van der Waals surface area (Å²) in [6.45, 7) is 2.03. The molecule has 11 heavy (non-hydrogen) atoms. The second-order valence-electron chi connectivity index (χ2n) is 1.91. The third-order valence-corrected chi connectivity index (χ3v) is 0.896. The van der Waals surface area contributed by atoms with Crippen molar-refractivity contribution in [2.45, 2.75) is 0 Å². The third-order valence-electron chi connectivity index (χ3n) is 0.896. The van der Waals surface area contributed by atoms with Crippen LogP contribution in [0.5, 0.6) is 0 Å². The minimum atomic E-state index is -0.822. The molecule has 5 heteroatoms. The molecular weight excluding hydrogens is 146 g/mol. The van der Waals surface area contributed by atoms with Gasteiger partial charge in [0.25, 0.3) is 0 Å². The van der Waals surface area contributed by atoms with Gasteiger partial charge in [0.15, 0.2) is 0 Å². The van der Waals surface area contributed by atoms with Gasteiger partial charge in [-0.25, -0.2) is 0 Å². The fourth-order valence-electron chi connectivity index (χ4n) is 0.474. The van der Waals surface area contributed by atoms with Gasteiger partial charge in [-0.2, -0.15) is 0 Å². The molecule has 64 valence electrons. The van der Waals surface area contributed by atoms with Crippen LogP contribution in [0.15, 0.2) is 4.99 Å². The Balaban J connectivity index is 0.000000183. The van der Waals surface area contributed by atoms with Crippen LogP contribution < -0.4 is 10.6 Å². The normalized spacial score (nSPS) is 13.2. The van der Waals surface area contributed by atoms with Crippen molar-refractivity contribution in [3.05, 3.63) is 0 Å². The van der Waals surface area contributed by atoms with E-state index in [4.69, 9.17) is 5.11 Å². The maximum Gasteiger partial charge on any atom is 0.317 e. The highest BCUT2D eigenvalue weighted by Crippen LogP contribution is 1.68. The van der Waals surface area contributed by atoms with E-state index in [0.717, 1.165) is 13.1 Å². The Morgan fingerprint density at radius 1 is 1.91 bits per heavy atom. The Morgan fingerprint density at radius 3 is 2.73 bits per heavy atom. The molecule has 1 aliphatic rings. The number of rotatable bonds is 2. The summed E-state index contributed by atoms with van der Waals surface area (Å²) in [6.07, 6.45) is 1.74. The first kappa shape index (κ1) is 9.90. The molecule has 0 saturated heterocycles. The van der Waals surface area contributed by atoms with Crippen LogP contribution in [0.2, 0.25) is 0 Å². The van der Waals surface area contributed by atoms with E-state index in [9.17, 15) is 4.79 Å². The molecule has 0 radical (unpaired) electrons. The average Bonchev–Trinajstić information content (AvgIpc) is 2.41. The van der Waals surface area contributed by atoms with Crippen molar-refractivity contribution in [1.29, 1.82) is 0 Å². The summed E-state index contributed by atoms with van der Waals surface area (Å²) in [7, 11) is 1.59. The predicted molar refractivity (Wildman–Crippen MR) is 42.9 cm³/mol. The number of carbonyl (C=O) groups is 1. The summed E-state index contributed by atoms with van der Waals surface area (Å²) in [6, 6.07) is 0. The zero-order valence-corrected chi connectivity index (χ0v) is 6.50. The number of nitrogens with one attached hydrogen (secondary N) is 2. The Kier molecular flexibility index (Phi) is 6.31. The van der Waals surface area contributed by atoms with Crippen LogP contribution >= 0.6 is 0 Å². The van der Waals surface area contributed by atoms with Crippen molar-refractivity contribution in [1.82, 2.24) is 10.6 Å². The van der Waals surface area contributed by atoms with Crippen molar-refractivity contribution in [2.24, 2.45) is 4.99 Å². The molecular formula is C6H13N3O2. The maximum atomic E-state index is 9.54. The second kappa shape index (κ2) is 7.01. The zero-order chi connectivity index (χ0) is 8.53. The molecule has 0 amide bonds. The fraction of sp³-hybridized carbons (Fsp3) is 0.667. The number of carboxylic acid groups (broad SMARTS) is 1. The monoisotopic (exact) mass is 159 g/mol. The molecule has 0 aromatic carbocycles. The number of carboxylic acids is 1. The van der Waals surface area contributed by atoms with Crippen LogP contribution in [0, 0.1) is 0 Å². The first-order chi connectivity index (χ1) is 5.27. The van der Waals surface area contributed by atoms with E-state index in [1.165, 1.54) is 0 Å². The molecule has 0 aliphatic carbocycles. The Morgan fingerprint density at radius 2 is 2.64 bits per heavy atom. The molecule has 0 saturated carbocycles. The van der Waals surface area contributed by atoms with Gasteiger partial charge in [0.1, 0.15) is 0 Å². The Labute approximate surface area is 65.5 Å². The molecule has 1 heterocycles. The van der Waals surface area contributed by atoms with Crippen LogP contribution in [-0.2, 0) is 4.79 Å². The Bertz CT molecular complexity index is 130. The topological polar surface area (TPSA) is 73.7 Å². The van der Waals surface area contributed by atoms with Crippen molar-refractivity contribution < 1.29 is 9.90 Å². The fourth-order valence-corrected chi connectivity index (χ4v) is 0.474. The van der Waals surface area contributed by atoms with Crippen LogP contribution in [0.1, 0.15) is 0 Å². The molecule has 0 bridgehead atoms. The van der Waals surface area contributed by atoms with Gasteiger partial charge in [0.05, 0.1) is 19.4 Å². The average molecular weight is 159 g/mol. The zero-order valence-electron chi connectivity index (χ0n) is 6.50. The number of aliphatic carboxylic acids is 1. The SMILES string of the molecule is C1=NCCN1.CNCC(=O)O. The van der Waals surface area contributed by atoms with Gasteiger partial charge < -0.3 is 15.7 Å². The third kappa shape index (κ3) is 8.90. The lowest BCUT2D eigenvalue weighted by Crippen LogP contribution is -2.16. The van der Waals surface area contributed by atoms with Gasteiger partial charge in [-0.05, 0) is 7.05 Å². The van der Waals surface area contributed by atoms with Gasteiger partial charge in [-0.15, -0.1) is 0 Å². The quantitative estimate of drug-likeness (QED) is 0.478. The molecule has 0 aromatic heterocycles. The number of hydrogen-bond acceptors (Lipinski definition) is 4. The van der Waals surface area contributed by atoms with Gasteiger partial charge in [0, 0.05) is 6.54 Å². The minimum absolute atomic E-state index is 0.0417. The number of nitrogens with zero attached hydrogens (tertiary/aromatic N) is 1. The van der Waals surface area contributed by atoms with Crippen molar-refractivity contribution in [3.63, 3.8) is 0 Å². The Hall–Kier alpha value is -1.10. The lowest BCUT2D eigenvalue weighted by atomic mass is 10.7. The van der Waals surface area contributed by atoms with Crippen molar-refractivity contribution in [2.75, 3.05) is 26.7 Å². The summed E-state index contributed by atoms with van der Waals surface area (Å²) in [4.78, 5) is 13.4. The molecule has 1 aliphatic heterocycles. The second-order valence-corrected chi connectivity index (χ2v) is 1.91. The maximum absolute atomic E-state index is 9.54. The van der Waals surface area contributed by atoms with E-state index >= 15 is 0 Å². The van der Waals surface area contributed by atoms with Crippen LogP contribution in [0.25, 0.3) is 0 Å². The molecule has 3 N–H and O–H groups in total. The number of aliphatic imine (C=N–C) groups is 1. The number of hydrogen-bond donors (Lipinski definition) is 3. The molecule has 1 rings (SSSR count). The lowest BCUT2D eigenvalue weighted by Gasteiger charge is -1.84. The van der Waals surface area contributed by atoms with Gasteiger partial charge in [-0.1, -0.05) is 0 Å². The van der Waals surface area contributed by atoms with E-state index in [-0.39, 0.29) is 6.54 Å². The molecule has 0 atom stereocenters. The van der Waals surface area contributed by atoms with E-state index in [1.54, 1.807) is 13.4 Å². The summed E-state index contributed by atoms with van der Waals surface area (Å²) in [5.74, 6) is -0.822. The first-order valence-corrected chi connectivity index (χ1v) is 3.35. The van der Waals surface area contributed by atoms with Crippen LogP contribution in [0.3, 0.4) is 0 Å². The summed E-state index contributed by atoms with van der Waals surface area (Å²) < 4.78 is 0. The molecule has 0 fully saturated rings. The highest BCUT2D eigenvalue weighted by atomic mass is 16.4. The minimum Gasteiger partial charge on any atom is -0.480 e. The van der Waals surface area contributed by atoms with Crippen molar-refractivity contribution in [3.8, 4) is 0 Å². The number of likely N-dealkylation sites (N-methyl/N-ethyl adjacent to an activating group) is 1. The molecule has 5 nitrogen and oxygen atoms in total. The summed E-state index contributed by atoms with van der Waals surface area (Å²) in [5.41, 5.74) is 0. The van der Waals surface area contributed by atoms with Gasteiger partial charge >= 0.3 is 5.97 Å². The van der Waals surface area contributed by atoms with Gasteiger partial charge in [0.2, 0.25) is 0 Å². The van der Waals surface area contributed by atoms with Crippen LogP contribution in [0.4, 0.5) is 0 Å². The highest BCUT2D eigenvalue weighted by Gasteiger charge is 1.86. The smallest absolute Gasteiger partial charge is 0.317 e. The molecule has 0 spiro atoms. The lowest BCUT2D eigenvalue weighted by molar-refractivity contribution is -0.135. The van der Waals surface area contributed by atoms with E-state index < -0.39 is 5.97 Å². The summed E-state index contributed by atoms with van der Waals surface area (Å²) >= 11 is 0. The van der Waals surface area contributed by atoms with Crippen molar-refractivity contribution >= 4 is 12.3 Å². The summed E-state index contributed by atoms with van der Waals surface area (Å²) in [5, 5.41) is 13.2. The van der Waals surface area contributed by atoms with E-state index in [2.05, 4.69) is 15.6 Å². The van der Waals surface area contributed by atoms with E-state index in [1.807, 2.05) is 0 Å². The predicted octanol–water partition coefficient (Wildman–Crippen LogP) is -1.09.